The lowest BCUT2D eigenvalue weighted by molar-refractivity contribution is -0.165. The predicted molar refractivity (Wildman–Crippen MR) is 74.7 cm³/mol. The third-order valence-corrected chi connectivity index (χ3v) is 3.43. The zero-order valence-corrected chi connectivity index (χ0v) is 11.9. The first kappa shape index (κ1) is 15.4. The average molecular weight is 290 g/mol. The Hall–Kier alpha value is -2.01. The topological polar surface area (TPSA) is 81.2 Å². The van der Waals surface area contributed by atoms with Crippen molar-refractivity contribution >= 4 is 11.7 Å². The van der Waals surface area contributed by atoms with Crippen LogP contribution in [0.5, 0.6) is 0 Å². The van der Waals surface area contributed by atoms with E-state index in [-0.39, 0.29) is 12.1 Å². The Kier molecular flexibility index (Phi) is 5.22. The quantitative estimate of drug-likeness (QED) is 0.345. The molecule has 1 aliphatic rings. The van der Waals surface area contributed by atoms with E-state index in [0.29, 0.717) is 19.6 Å². The Balaban J connectivity index is 2.06. The van der Waals surface area contributed by atoms with E-state index in [1.54, 1.807) is 0 Å². The Morgan fingerprint density at radius 1 is 1.33 bits per heavy atom. The van der Waals surface area contributed by atoms with Gasteiger partial charge in [0, 0.05) is 6.42 Å². The largest absolute Gasteiger partial charge is 0.460 e. The average Bonchev–Trinajstić information content (AvgIpc) is 3.00. The van der Waals surface area contributed by atoms with Crippen LogP contribution in [0.3, 0.4) is 0 Å². The lowest BCUT2D eigenvalue weighted by Crippen LogP contribution is -2.36. The number of ether oxygens (including phenoxy) is 3. The number of esters is 1. The summed E-state index contributed by atoms with van der Waals surface area (Å²) in [6.45, 7) is 0.906. The molecule has 6 heteroatoms. The van der Waals surface area contributed by atoms with Crippen molar-refractivity contribution in [3.8, 4) is 0 Å². The number of rotatable bonds is 6. The maximum Gasteiger partial charge on any atom is 0.416 e. The third-order valence-electron chi connectivity index (χ3n) is 3.43. The lowest BCUT2D eigenvalue weighted by Gasteiger charge is -2.25. The van der Waals surface area contributed by atoms with Crippen molar-refractivity contribution in [1.82, 2.24) is 0 Å². The molecule has 1 aromatic carbocycles. The molecule has 2 rings (SSSR count). The van der Waals surface area contributed by atoms with E-state index in [4.69, 9.17) is 15.0 Å². The van der Waals surface area contributed by atoms with Crippen LogP contribution in [0.25, 0.3) is 5.53 Å². The SMILES string of the molecule is COC(=O)C(CC1(CCc2ccccc2)OCCO1)=[N+]=[N-]. The number of benzene rings is 1. The number of nitrogens with zero attached hydrogens (tertiary/aromatic N) is 2. The molecule has 21 heavy (non-hydrogen) atoms. The van der Waals surface area contributed by atoms with Crippen LogP contribution in [-0.4, -0.2) is 42.6 Å². The fraction of sp³-hybridized carbons (Fsp3) is 0.467. The zero-order chi connectivity index (χ0) is 15.1. The van der Waals surface area contributed by atoms with Crippen molar-refractivity contribution in [1.29, 1.82) is 0 Å². The van der Waals surface area contributed by atoms with Crippen LogP contribution in [0.4, 0.5) is 0 Å². The normalized spacial score (nSPS) is 16.2. The number of carbonyl (C=O) groups excluding carboxylic acids is 1. The molecule has 0 bridgehead atoms. The number of carbonyl (C=O) groups is 1. The molecule has 0 radical (unpaired) electrons. The molecule has 0 aliphatic carbocycles. The van der Waals surface area contributed by atoms with E-state index >= 15 is 0 Å². The molecule has 0 aromatic heterocycles. The molecular weight excluding hydrogens is 272 g/mol. The minimum Gasteiger partial charge on any atom is -0.460 e. The summed E-state index contributed by atoms with van der Waals surface area (Å²) in [6.07, 6.45) is 1.36. The number of hydrogen-bond acceptors (Lipinski definition) is 4. The molecule has 112 valence electrons. The molecule has 1 aromatic rings. The van der Waals surface area contributed by atoms with Crippen molar-refractivity contribution in [2.45, 2.75) is 25.0 Å². The van der Waals surface area contributed by atoms with E-state index in [0.717, 1.165) is 12.0 Å². The standard InChI is InChI=1S/C15H18N2O4/c1-19-14(18)13(17-16)11-15(20-9-10-21-15)8-7-12-5-3-2-4-6-12/h2-6H,7-11H2,1H3. The van der Waals surface area contributed by atoms with Crippen molar-refractivity contribution in [2.75, 3.05) is 20.3 Å². The van der Waals surface area contributed by atoms with Crippen LogP contribution in [0.15, 0.2) is 30.3 Å². The summed E-state index contributed by atoms with van der Waals surface area (Å²) >= 11 is 0. The zero-order valence-electron chi connectivity index (χ0n) is 11.9. The van der Waals surface area contributed by atoms with Crippen LogP contribution in [0.1, 0.15) is 18.4 Å². The van der Waals surface area contributed by atoms with E-state index < -0.39 is 11.8 Å². The molecule has 0 saturated carbocycles. The first-order chi connectivity index (χ1) is 10.2. The van der Waals surface area contributed by atoms with Gasteiger partial charge in [0.15, 0.2) is 5.79 Å². The summed E-state index contributed by atoms with van der Waals surface area (Å²) in [7, 11) is 1.24. The van der Waals surface area contributed by atoms with Gasteiger partial charge >= 0.3 is 11.7 Å². The van der Waals surface area contributed by atoms with Gasteiger partial charge < -0.3 is 19.7 Å². The summed E-state index contributed by atoms with van der Waals surface area (Å²) in [5.74, 6) is -1.62. The maximum absolute atomic E-state index is 11.5. The fourth-order valence-electron chi connectivity index (χ4n) is 2.33. The van der Waals surface area contributed by atoms with E-state index in [9.17, 15) is 4.79 Å². The van der Waals surface area contributed by atoms with Gasteiger partial charge in [-0.3, -0.25) is 0 Å². The molecular formula is C15H18N2O4. The summed E-state index contributed by atoms with van der Waals surface area (Å²) in [5, 5.41) is 0. The molecule has 6 nitrogen and oxygen atoms in total. The predicted octanol–water partition coefficient (Wildman–Crippen LogP) is 1.60. The molecule has 1 aliphatic heterocycles. The van der Waals surface area contributed by atoms with Gasteiger partial charge in [0.1, 0.15) is 6.42 Å². The first-order valence-electron chi connectivity index (χ1n) is 6.80. The Morgan fingerprint density at radius 3 is 2.57 bits per heavy atom. The highest BCUT2D eigenvalue weighted by atomic mass is 16.7. The first-order valence-corrected chi connectivity index (χ1v) is 6.80. The second-order valence-electron chi connectivity index (χ2n) is 4.81. The lowest BCUT2D eigenvalue weighted by atomic mass is 9.99. The smallest absolute Gasteiger partial charge is 0.416 e. The maximum atomic E-state index is 11.5. The summed E-state index contributed by atoms with van der Waals surface area (Å²) in [6, 6.07) is 9.92. The molecule has 1 heterocycles. The van der Waals surface area contributed by atoms with Gasteiger partial charge in [-0.15, -0.1) is 0 Å². The molecule has 0 unspecified atom stereocenters. The van der Waals surface area contributed by atoms with Gasteiger partial charge in [-0.25, -0.2) is 4.79 Å². The summed E-state index contributed by atoms with van der Waals surface area (Å²) < 4.78 is 15.9. The Bertz CT molecular complexity index is 532. The number of hydrogen-bond donors (Lipinski definition) is 0. The molecule has 0 amide bonds. The Labute approximate surface area is 123 Å². The minimum absolute atomic E-state index is 0.0585. The van der Waals surface area contributed by atoms with E-state index in [2.05, 4.69) is 9.53 Å². The second kappa shape index (κ2) is 7.13. The highest BCUT2D eigenvalue weighted by Gasteiger charge is 2.42. The fourth-order valence-corrected chi connectivity index (χ4v) is 2.33. The highest BCUT2D eigenvalue weighted by molar-refractivity contribution is 6.34. The summed E-state index contributed by atoms with van der Waals surface area (Å²) in [4.78, 5) is 14.5. The highest BCUT2D eigenvalue weighted by Crippen LogP contribution is 2.29. The van der Waals surface area contributed by atoms with Gasteiger partial charge in [0.25, 0.3) is 0 Å². The minimum atomic E-state index is -0.939. The van der Waals surface area contributed by atoms with Gasteiger partial charge in [-0.1, -0.05) is 30.3 Å². The van der Waals surface area contributed by atoms with Crippen LogP contribution >= 0.6 is 0 Å². The third kappa shape index (κ3) is 3.98. The van der Waals surface area contributed by atoms with Crippen molar-refractivity contribution in [3.63, 3.8) is 0 Å². The van der Waals surface area contributed by atoms with Gasteiger partial charge in [-0.05, 0) is 12.0 Å². The van der Waals surface area contributed by atoms with Crippen molar-refractivity contribution in [2.24, 2.45) is 0 Å². The van der Waals surface area contributed by atoms with Crippen LogP contribution in [0.2, 0.25) is 0 Å². The van der Waals surface area contributed by atoms with E-state index in [1.165, 1.54) is 7.11 Å². The van der Waals surface area contributed by atoms with Gasteiger partial charge in [0.2, 0.25) is 0 Å². The van der Waals surface area contributed by atoms with Crippen LogP contribution in [0, 0.1) is 0 Å². The molecule has 1 fully saturated rings. The Morgan fingerprint density at radius 2 is 2.00 bits per heavy atom. The van der Waals surface area contributed by atoms with Crippen molar-refractivity contribution in [3.05, 3.63) is 41.4 Å². The number of aryl methyl sites for hydroxylation is 1. The van der Waals surface area contributed by atoms with Crippen LogP contribution < -0.4 is 0 Å². The molecule has 0 N–H and O–H groups in total. The second-order valence-corrected chi connectivity index (χ2v) is 4.81. The monoisotopic (exact) mass is 290 g/mol. The molecule has 0 atom stereocenters. The van der Waals surface area contributed by atoms with Crippen LogP contribution in [-0.2, 0) is 25.4 Å². The summed E-state index contributed by atoms with van der Waals surface area (Å²) in [5.41, 5.74) is 10.0. The van der Waals surface area contributed by atoms with Gasteiger partial charge in [-0.2, -0.15) is 4.79 Å². The number of methoxy groups -OCH3 is 1. The van der Waals surface area contributed by atoms with Gasteiger partial charge in [0.05, 0.1) is 20.3 Å². The molecule has 0 spiro atoms. The molecule has 1 saturated heterocycles. The van der Waals surface area contributed by atoms with Crippen molar-refractivity contribution < 1.29 is 23.8 Å². The van der Waals surface area contributed by atoms with E-state index in [1.807, 2.05) is 30.3 Å².